The van der Waals surface area contributed by atoms with Crippen LogP contribution in [0.25, 0.3) is 0 Å². The van der Waals surface area contributed by atoms with Gasteiger partial charge in [-0.25, -0.2) is 0 Å². The van der Waals surface area contributed by atoms with Crippen molar-refractivity contribution in [1.29, 1.82) is 0 Å². The van der Waals surface area contributed by atoms with Gasteiger partial charge in [-0.1, -0.05) is 28.1 Å². The van der Waals surface area contributed by atoms with Crippen LogP contribution in [0.1, 0.15) is 10.4 Å². The summed E-state index contributed by atoms with van der Waals surface area (Å²) in [5, 5.41) is 0. The molecule has 1 rings (SSSR count). The summed E-state index contributed by atoms with van der Waals surface area (Å²) in [5.41, 5.74) is 0.700. The summed E-state index contributed by atoms with van der Waals surface area (Å²) in [6.07, 6.45) is 0. The van der Waals surface area contributed by atoms with Gasteiger partial charge in [0.2, 0.25) is 0 Å². The molecule has 12 heavy (non-hydrogen) atoms. The van der Waals surface area contributed by atoms with Crippen molar-refractivity contribution in [2.45, 2.75) is 0 Å². The second-order valence-corrected chi connectivity index (χ2v) is 4.26. The summed E-state index contributed by atoms with van der Waals surface area (Å²) >= 11 is 3.29. The molecule has 0 aliphatic carbocycles. The van der Waals surface area contributed by atoms with Crippen molar-refractivity contribution in [1.82, 2.24) is 0 Å². The van der Waals surface area contributed by atoms with Crippen LogP contribution in [0, 0.1) is 0 Å². The fourth-order valence-corrected chi connectivity index (χ4v) is 1.60. The molecule has 1 aromatic carbocycles. The van der Waals surface area contributed by atoms with Gasteiger partial charge in [0.15, 0.2) is 5.78 Å². The molecule has 0 radical (unpaired) electrons. The van der Waals surface area contributed by atoms with Crippen LogP contribution in [0.5, 0.6) is 0 Å². The van der Waals surface area contributed by atoms with E-state index >= 15 is 0 Å². The van der Waals surface area contributed by atoms with Gasteiger partial charge >= 0.3 is 0 Å². The summed E-state index contributed by atoms with van der Waals surface area (Å²) in [6.45, 7) is 0. The Morgan fingerprint density at radius 2 is 2.00 bits per heavy atom. The van der Waals surface area contributed by atoms with Crippen molar-refractivity contribution >= 4 is 43.4 Å². The Labute approximate surface area is 88.1 Å². The zero-order valence-corrected chi connectivity index (χ0v) is 9.25. The van der Waals surface area contributed by atoms with E-state index in [-0.39, 0.29) is 5.78 Å². The zero-order valence-electron chi connectivity index (χ0n) is 6.09. The summed E-state index contributed by atoms with van der Waals surface area (Å²) in [6, 6.07) is 7.23. The Balaban J connectivity index is 2.75. The molecule has 64 valence electrons. The van der Waals surface area contributed by atoms with Crippen LogP contribution >= 0.6 is 37.6 Å². The highest BCUT2D eigenvalue weighted by Crippen LogP contribution is 2.14. The average molecular weight is 266 g/mol. The molecule has 0 atom stereocenters. The van der Waals surface area contributed by atoms with Crippen molar-refractivity contribution in [3.8, 4) is 0 Å². The van der Waals surface area contributed by atoms with E-state index in [1.807, 2.05) is 12.1 Å². The number of ketones is 1. The van der Waals surface area contributed by atoms with Crippen LogP contribution in [-0.2, 0) is 0 Å². The molecule has 0 aliphatic heterocycles. The topological polar surface area (TPSA) is 17.1 Å². The second-order valence-electron chi connectivity index (χ2n) is 2.18. The van der Waals surface area contributed by atoms with Crippen LogP contribution in [-0.4, -0.2) is 11.5 Å². The maximum Gasteiger partial charge on any atom is 0.173 e. The van der Waals surface area contributed by atoms with Gasteiger partial charge in [-0.3, -0.25) is 4.79 Å². The third-order valence-corrected chi connectivity index (χ3v) is 2.58. The third kappa shape index (κ3) is 2.81. The Morgan fingerprint density at radius 1 is 1.42 bits per heavy atom. The van der Waals surface area contributed by atoms with Crippen molar-refractivity contribution in [3.05, 3.63) is 34.3 Å². The number of benzene rings is 1. The smallest absolute Gasteiger partial charge is 0.173 e. The number of Topliss-reactive ketones (excluding diaryl/α,β-unsaturated/α-hetero) is 1. The maximum absolute atomic E-state index is 11.2. The van der Waals surface area contributed by atoms with E-state index in [0.29, 0.717) is 11.3 Å². The lowest BCUT2D eigenvalue weighted by atomic mass is 10.2. The number of carbonyl (C=O) groups excluding carboxylic acids is 1. The second kappa shape index (κ2) is 4.90. The van der Waals surface area contributed by atoms with Gasteiger partial charge in [0.05, 0.1) is 5.75 Å². The van der Waals surface area contributed by atoms with Gasteiger partial charge in [-0.2, -0.15) is 0 Å². The first kappa shape index (κ1) is 10.1. The van der Waals surface area contributed by atoms with Gasteiger partial charge in [0, 0.05) is 10.0 Å². The summed E-state index contributed by atoms with van der Waals surface area (Å²) in [7, 11) is 6.38. The highest BCUT2D eigenvalue weighted by molar-refractivity contribution is 9.10. The molecule has 0 N–H and O–H groups in total. The summed E-state index contributed by atoms with van der Waals surface area (Å²) in [5.74, 6) is 0.380. The first-order valence-corrected chi connectivity index (χ1v) is 5.87. The average Bonchev–Trinajstić information content (AvgIpc) is 2.06. The standard InChI is InChI=1S/C8H6BrClOS/c9-7-3-1-6(2-4-7)8(11)5-12-10/h1-4H,5H2. The van der Waals surface area contributed by atoms with Gasteiger partial charge in [0.25, 0.3) is 0 Å². The Kier molecular flexibility index (Phi) is 4.12. The lowest BCUT2D eigenvalue weighted by molar-refractivity contribution is 0.102. The van der Waals surface area contributed by atoms with E-state index in [9.17, 15) is 4.79 Å². The first-order chi connectivity index (χ1) is 5.74. The van der Waals surface area contributed by atoms with Crippen LogP contribution in [0.15, 0.2) is 28.7 Å². The predicted molar refractivity (Wildman–Crippen MR) is 56.8 cm³/mol. The molecule has 0 spiro atoms. The summed E-state index contributed by atoms with van der Waals surface area (Å²) in [4.78, 5) is 11.2. The molecule has 0 bridgehead atoms. The molecule has 0 amide bonds. The van der Waals surface area contributed by atoms with Crippen molar-refractivity contribution in [2.75, 3.05) is 5.75 Å². The SMILES string of the molecule is O=C(CSCl)c1ccc(Br)cc1. The normalized spacial score (nSPS) is 9.83. The molecule has 0 aliphatic rings. The molecular formula is C8H6BrClOS. The van der Waals surface area contributed by atoms with Crippen molar-refractivity contribution in [3.63, 3.8) is 0 Å². The van der Waals surface area contributed by atoms with Gasteiger partial charge in [-0.05, 0) is 33.8 Å². The Hall–Kier alpha value is 0.01000. The first-order valence-electron chi connectivity index (χ1n) is 3.26. The zero-order chi connectivity index (χ0) is 8.97. The molecule has 1 nitrogen and oxygen atoms in total. The van der Waals surface area contributed by atoms with Crippen molar-refractivity contribution in [2.24, 2.45) is 0 Å². The third-order valence-electron chi connectivity index (χ3n) is 1.35. The molecule has 0 saturated heterocycles. The lowest BCUT2D eigenvalue weighted by Crippen LogP contribution is -2.00. The number of hydrogen-bond acceptors (Lipinski definition) is 2. The molecule has 0 unspecified atom stereocenters. The lowest BCUT2D eigenvalue weighted by Gasteiger charge is -1.97. The predicted octanol–water partition coefficient (Wildman–Crippen LogP) is 3.52. The number of carbonyl (C=O) groups is 1. The van der Waals surface area contributed by atoms with Gasteiger partial charge < -0.3 is 0 Å². The van der Waals surface area contributed by atoms with Gasteiger partial charge in [0.1, 0.15) is 0 Å². The van der Waals surface area contributed by atoms with Crippen LogP contribution in [0.2, 0.25) is 0 Å². The maximum atomic E-state index is 11.2. The van der Waals surface area contributed by atoms with E-state index in [4.69, 9.17) is 10.7 Å². The van der Waals surface area contributed by atoms with Crippen LogP contribution in [0.4, 0.5) is 0 Å². The largest absolute Gasteiger partial charge is 0.293 e. The Bertz CT molecular complexity index is 273. The quantitative estimate of drug-likeness (QED) is 0.778. The van der Waals surface area contributed by atoms with E-state index in [1.54, 1.807) is 12.1 Å². The molecular weight excluding hydrogens is 260 g/mol. The molecule has 0 heterocycles. The van der Waals surface area contributed by atoms with E-state index in [0.717, 1.165) is 15.4 Å². The van der Waals surface area contributed by atoms with E-state index in [1.165, 1.54) is 0 Å². The fourth-order valence-electron chi connectivity index (χ4n) is 0.769. The molecule has 0 fully saturated rings. The monoisotopic (exact) mass is 264 g/mol. The molecule has 0 aromatic heterocycles. The number of hydrogen-bond donors (Lipinski definition) is 0. The van der Waals surface area contributed by atoms with Crippen LogP contribution in [0.3, 0.4) is 0 Å². The number of halogens is 2. The summed E-state index contributed by atoms with van der Waals surface area (Å²) < 4.78 is 0.970. The van der Waals surface area contributed by atoms with Crippen molar-refractivity contribution < 1.29 is 4.79 Å². The highest BCUT2D eigenvalue weighted by atomic mass is 79.9. The fraction of sp³-hybridized carbons (Fsp3) is 0.125. The highest BCUT2D eigenvalue weighted by Gasteiger charge is 2.03. The van der Waals surface area contributed by atoms with Gasteiger partial charge in [-0.15, -0.1) is 0 Å². The van der Waals surface area contributed by atoms with E-state index < -0.39 is 0 Å². The molecule has 1 aromatic rings. The van der Waals surface area contributed by atoms with E-state index in [2.05, 4.69) is 15.9 Å². The minimum absolute atomic E-state index is 0.0579. The Morgan fingerprint density at radius 3 is 2.50 bits per heavy atom. The molecule has 4 heteroatoms. The minimum Gasteiger partial charge on any atom is -0.293 e. The molecule has 0 saturated carbocycles. The van der Waals surface area contributed by atoms with Crippen LogP contribution < -0.4 is 0 Å². The minimum atomic E-state index is 0.0579. The number of rotatable bonds is 3.